The monoisotopic (exact) mass is 155 g/mol. The van der Waals surface area contributed by atoms with E-state index in [1.165, 1.54) is 0 Å². The van der Waals surface area contributed by atoms with E-state index < -0.39 is 0 Å². The molecule has 0 saturated carbocycles. The Kier molecular flexibility index (Phi) is 2.96. The van der Waals surface area contributed by atoms with E-state index in [4.69, 9.17) is 0 Å². The van der Waals surface area contributed by atoms with Gasteiger partial charge in [-0.15, -0.1) is 0 Å². The summed E-state index contributed by atoms with van der Waals surface area (Å²) in [5, 5.41) is 9.63. The Labute approximate surface area is 70.0 Å². The third kappa shape index (κ3) is 2.21. The molecule has 1 aliphatic rings. The van der Waals surface area contributed by atoms with Crippen molar-refractivity contribution >= 4 is 7.98 Å². The van der Waals surface area contributed by atoms with Crippen molar-refractivity contribution in [1.29, 1.82) is 0 Å². The molecular formula is C8H18BNO. The van der Waals surface area contributed by atoms with Crippen LogP contribution in [0.5, 0.6) is 0 Å². The minimum absolute atomic E-state index is 0.0637. The fourth-order valence-corrected chi connectivity index (χ4v) is 1.79. The lowest BCUT2D eigenvalue weighted by Crippen LogP contribution is -2.43. The van der Waals surface area contributed by atoms with Gasteiger partial charge in [0, 0.05) is 0 Å². The van der Waals surface area contributed by atoms with Crippen molar-refractivity contribution in [3.63, 3.8) is 0 Å². The van der Waals surface area contributed by atoms with Crippen LogP contribution < -0.4 is 0 Å². The molecular weight excluding hydrogens is 137 g/mol. The van der Waals surface area contributed by atoms with E-state index in [0.29, 0.717) is 11.8 Å². The predicted molar refractivity (Wildman–Crippen MR) is 49.1 cm³/mol. The minimum Gasteiger partial charge on any atom is -0.393 e. The van der Waals surface area contributed by atoms with Crippen LogP contribution in [0.2, 0.25) is 0 Å². The Morgan fingerprint density at radius 2 is 2.18 bits per heavy atom. The van der Waals surface area contributed by atoms with Crippen molar-refractivity contribution in [2.45, 2.75) is 26.4 Å². The van der Waals surface area contributed by atoms with Gasteiger partial charge in [0.15, 0.2) is 7.98 Å². The summed E-state index contributed by atoms with van der Waals surface area (Å²) in [5.41, 5.74) is 0. The van der Waals surface area contributed by atoms with Gasteiger partial charge >= 0.3 is 0 Å². The molecule has 11 heavy (non-hydrogen) atoms. The Balaban J connectivity index is 2.47. The second-order valence-electron chi connectivity index (χ2n) is 4.03. The van der Waals surface area contributed by atoms with Gasteiger partial charge in [-0.1, -0.05) is 13.8 Å². The first-order chi connectivity index (χ1) is 5.11. The number of piperidine rings is 1. The summed E-state index contributed by atoms with van der Waals surface area (Å²) >= 11 is 0. The van der Waals surface area contributed by atoms with E-state index in [9.17, 15) is 5.11 Å². The second kappa shape index (κ2) is 3.59. The molecule has 64 valence electrons. The Hall–Kier alpha value is -0.0151. The van der Waals surface area contributed by atoms with E-state index in [0.717, 1.165) is 19.5 Å². The summed E-state index contributed by atoms with van der Waals surface area (Å²) in [6.07, 6.45) is 0.880. The number of nitrogens with zero attached hydrogens (tertiary/aromatic N) is 1. The largest absolute Gasteiger partial charge is 0.393 e. The molecule has 0 radical (unpaired) electrons. The highest BCUT2D eigenvalue weighted by Gasteiger charge is 2.27. The Bertz CT molecular complexity index is 129. The first kappa shape index (κ1) is 9.08. The van der Waals surface area contributed by atoms with Crippen molar-refractivity contribution in [2.24, 2.45) is 11.8 Å². The van der Waals surface area contributed by atoms with Crippen LogP contribution in [0.25, 0.3) is 0 Å². The van der Waals surface area contributed by atoms with E-state index in [1.54, 1.807) is 0 Å². The van der Waals surface area contributed by atoms with Crippen LogP contribution in [0.4, 0.5) is 0 Å². The van der Waals surface area contributed by atoms with Gasteiger partial charge in [-0.25, -0.2) is 0 Å². The first-order valence-corrected chi connectivity index (χ1v) is 4.48. The van der Waals surface area contributed by atoms with Crippen LogP contribution in [0.1, 0.15) is 20.3 Å². The number of aliphatic hydroxyl groups is 1. The van der Waals surface area contributed by atoms with Crippen LogP contribution in [-0.2, 0) is 0 Å². The third-order valence-electron chi connectivity index (χ3n) is 2.68. The van der Waals surface area contributed by atoms with Gasteiger partial charge in [-0.05, 0) is 31.3 Å². The van der Waals surface area contributed by atoms with Crippen LogP contribution in [0.3, 0.4) is 0 Å². The lowest BCUT2D eigenvalue weighted by molar-refractivity contribution is 0.0313. The first-order valence-electron chi connectivity index (χ1n) is 4.48. The fourth-order valence-electron chi connectivity index (χ4n) is 1.79. The molecule has 1 fully saturated rings. The molecule has 2 nitrogen and oxygen atoms in total. The molecule has 3 heteroatoms. The van der Waals surface area contributed by atoms with Crippen LogP contribution in [0.15, 0.2) is 0 Å². The molecule has 0 aliphatic carbocycles. The average Bonchev–Trinajstić information content (AvgIpc) is 1.94. The maximum atomic E-state index is 9.63. The minimum atomic E-state index is -0.0637. The lowest BCUT2D eigenvalue weighted by Gasteiger charge is -2.36. The quantitative estimate of drug-likeness (QED) is 0.533. The van der Waals surface area contributed by atoms with Crippen LogP contribution in [-0.4, -0.2) is 37.1 Å². The van der Waals surface area contributed by atoms with E-state index >= 15 is 0 Å². The van der Waals surface area contributed by atoms with E-state index in [1.807, 2.05) is 0 Å². The summed E-state index contributed by atoms with van der Waals surface area (Å²) < 4.78 is 0. The van der Waals surface area contributed by atoms with E-state index in [2.05, 4.69) is 26.6 Å². The molecule has 0 bridgehead atoms. The maximum Gasteiger partial charge on any atom is 0.185 e. The molecule has 0 aromatic rings. The molecule has 1 rings (SSSR count). The van der Waals surface area contributed by atoms with E-state index in [-0.39, 0.29) is 6.10 Å². The molecule has 0 aromatic carbocycles. The van der Waals surface area contributed by atoms with Gasteiger partial charge in [0.05, 0.1) is 6.10 Å². The van der Waals surface area contributed by atoms with Crippen molar-refractivity contribution in [3.05, 3.63) is 0 Å². The zero-order chi connectivity index (χ0) is 8.43. The summed E-state index contributed by atoms with van der Waals surface area (Å²) in [6.45, 7) is 6.48. The van der Waals surface area contributed by atoms with Crippen molar-refractivity contribution < 1.29 is 5.11 Å². The van der Waals surface area contributed by atoms with Crippen LogP contribution >= 0.6 is 0 Å². The number of rotatable bonds is 1. The fraction of sp³-hybridized carbons (Fsp3) is 1.00. The topological polar surface area (TPSA) is 23.5 Å². The van der Waals surface area contributed by atoms with Crippen molar-refractivity contribution in [3.8, 4) is 0 Å². The zero-order valence-corrected chi connectivity index (χ0v) is 7.75. The number of hydrogen-bond donors (Lipinski definition) is 1. The zero-order valence-electron chi connectivity index (χ0n) is 7.75. The smallest absolute Gasteiger partial charge is 0.185 e. The Morgan fingerprint density at radius 1 is 1.55 bits per heavy atom. The molecule has 1 heterocycles. The van der Waals surface area contributed by atoms with Gasteiger partial charge in [-0.3, -0.25) is 0 Å². The maximum absolute atomic E-state index is 9.63. The summed E-state index contributed by atoms with van der Waals surface area (Å²) in [7, 11) is 2.13. The summed E-state index contributed by atoms with van der Waals surface area (Å²) in [6, 6.07) is 0. The van der Waals surface area contributed by atoms with Gasteiger partial charge in [-0.2, -0.15) is 0 Å². The third-order valence-corrected chi connectivity index (χ3v) is 2.68. The molecule has 0 amide bonds. The Morgan fingerprint density at radius 3 is 2.64 bits per heavy atom. The van der Waals surface area contributed by atoms with Gasteiger partial charge in [0.1, 0.15) is 0 Å². The van der Waals surface area contributed by atoms with Crippen molar-refractivity contribution in [1.82, 2.24) is 4.81 Å². The SMILES string of the molecule is BN1CCC(O)C(C(C)C)C1. The second-order valence-corrected chi connectivity index (χ2v) is 4.03. The molecule has 0 aromatic heterocycles. The standard InChI is InChI=1S/C8H18BNO/c1-6(2)7-5-10(9)4-3-8(7)11/h6-8,11H,3-5,9H2,1-2H3. The highest BCUT2D eigenvalue weighted by atomic mass is 16.3. The lowest BCUT2D eigenvalue weighted by atomic mass is 9.84. The number of hydrogen-bond acceptors (Lipinski definition) is 2. The predicted octanol–water partition coefficient (Wildman–Crippen LogP) is -0.127. The van der Waals surface area contributed by atoms with Gasteiger partial charge in [0.25, 0.3) is 0 Å². The summed E-state index contributed by atoms with van der Waals surface area (Å²) in [4.78, 5) is 2.30. The normalized spacial score (nSPS) is 34.5. The molecule has 1 aliphatic heterocycles. The van der Waals surface area contributed by atoms with Crippen molar-refractivity contribution in [2.75, 3.05) is 13.1 Å². The molecule has 1 N–H and O–H groups in total. The molecule has 1 saturated heterocycles. The molecule has 2 unspecified atom stereocenters. The van der Waals surface area contributed by atoms with Gasteiger partial charge < -0.3 is 9.92 Å². The highest BCUT2D eigenvalue weighted by Crippen LogP contribution is 2.22. The summed E-state index contributed by atoms with van der Waals surface area (Å²) in [5.74, 6) is 1.08. The number of aliphatic hydroxyl groups excluding tert-OH is 1. The van der Waals surface area contributed by atoms with Gasteiger partial charge in [0.2, 0.25) is 0 Å². The van der Waals surface area contributed by atoms with Crippen LogP contribution in [0, 0.1) is 11.8 Å². The molecule has 0 spiro atoms. The molecule has 2 atom stereocenters. The highest BCUT2D eigenvalue weighted by molar-refractivity contribution is 6.04. The average molecular weight is 155 g/mol.